The maximum atomic E-state index is 13.7. The molecule has 0 aromatic heterocycles. The molecule has 196 valence electrons. The van der Waals surface area contributed by atoms with Gasteiger partial charge in [0.25, 0.3) is 10.0 Å². The molecule has 3 aromatic carbocycles. The van der Waals surface area contributed by atoms with E-state index >= 15 is 0 Å². The number of anilines is 1. The van der Waals surface area contributed by atoms with Gasteiger partial charge in [-0.25, -0.2) is 12.8 Å². The number of nitrogens with zero attached hydrogens (tertiary/aromatic N) is 2. The van der Waals surface area contributed by atoms with Crippen molar-refractivity contribution >= 4 is 43.5 Å². The fourth-order valence-corrected chi connectivity index (χ4v) is 5.31. The molecule has 0 saturated carbocycles. The number of nitrogens with one attached hydrogen (secondary N) is 1. The second kappa shape index (κ2) is 12.3. The summed E-state index contributed by atoms with van der Waals surface area (Å²) in [6, 6.07) is 18.9. The summed E-state index contributed by atoms with van der Waals surface area (Å²) in [6.45, 7) is 4.78. The van der Waals surface area contributed by atoms with Crippen molar-refractivity contribution in [1.29, 1.82) is 0 Å². The number of carbonyl (C=O) groups is 2. The van der Waals surface area contributed by atoms with Gasteiger partial charge in [-0.15, -0.1) is 0 Å². The Balaban J connectivity index is 1.99. The number of benzene rings is 3. The SMILES string of the molecule is CC(C)NC(=O)[C@H](C)N(Cc1ccc(Br)cc1)C(=O)CN(c1ccccc1)S(=O)(=O)c1ccc(F)cc1. The number of hydrogen-bond donors (Lipinski definition) is 1. The van der Waals surface area contributed by atoms with Crippen molar-refractivity contribution in [2.75, 3.05) is 10.8 Å². The van der Waals surface area contributed by atoms with Gasteiger partial charge in [-0.05, 0) is 74.9 Å². The molecule has 0 saturated heterocycles. The zero-order valence-corrected chi connectivity index (χ0v) is 23.2. The predicted octanol–water partition coefficient (Wildman–Crippen LogP) is 4.73. The van der Waals surface area contributed by atoms with Crippen molar-refractivity contribution in [2.24, 2.45) is 0 Å². The lowest BCUT2D eigenvalue weighted by molar-refractivity contribution is -0.139. The van der Waals surface area contributed by atoms with Gasteiger partial charge in [0.2, 0.25) is 11.8 Å². The lowest BCUT2D eigenvalue weighted by Gasteiger charge is -2.32. The van der Waals surface area contributed by atoms with E-state index in [0.717, 1.165) is 38.6 Å². The molecule has 0 bridgehead atoms. The van der Waals surface area contributed by atoms with E-state index in [1.54, 1.807) is 37.3 Å². The molecule has 0 aliphatic rings. The molecular formula is C27H29BrFN3O4S. The summed E-state index contributed by atoms with van der Waals surface area (Å²) in [7, 11) is -4.23. The van der Waals surface area contributed by atoms with E-state index in [9.17, 15) is 22.4 Å². The highest BCUT2D eigenvalue weighted by molar-refractivity contribution is 9.10. The topological polar surface area (TPSA) is 86.8 Å². The van der Waals surface area contributed by atoms with Gasteiger partial charge in [0.15, 0.2) is 0 Å². The van der Waals surface area contributed by atoms with Crippen LogP contribution in [0.5, 0.6) is 0 Å². The number of halogens is 2. The van der Waals surface area contributed by atoms with Crippen molar-refractivity contribution in [3.05, 3.63) is 94.7 Å². The van der Waals surface area contributed by atoms with Gasteiger partial charge in [-0.2, -0.15) is 0 Å². The zero-order valence-electron chi connectivity index (χ0n) is 20.8. The molecule has 10 heteroatoms. The highest BCUT2D eigenvalue weighted by Gasteiger charge is 2.32. The lowest BCUT2D eigenvalue weighted by Crippen LogP contribution is -2.52. The van der Waals surface area contributed by atoms with Crippen molar-refractivity contribution < 1.29 is 22.4 Å². The predicted molar refractivity (Wildman–Crippen MR) is 145 cm³/mol. The molecule has 0 heterocycles. The van der Waals surface area contributed by atoms with Gasteiger partial charge in [0.05, 0.1) is 10.6 Å². The van der Waals surface area contributed by atoms with Crippen LogP contribution < -0.4 is 9.62 Å². The minimum atomic E-state index is -4.23. The summed E-state index contributed by atoms with van der Waals surface area (Å²) in [6.07, 6.45) is 0. The van der Waals surface area contributed by atoms with Gasteiger partial charge in [-0.3, -0.25) is 13.9 Å². The first-order valence-corrected chi connectivity index (χ1v) is 13.9. The summed E-state index contributed by atoms with van der Waals surface area (Å²) in [4.78, 5) is 27.8. The van der Waals surface area contributed by atoms with Crippen LogP contribution >= 0.6 is 15.9 Å². The molecule has 2 amide bonds. The first kappa shape index (κ1) is 28.3. The van der Waals surface area contributed by atoms with Gasteiger partial charge in [0.1, 0.15) is 18.4 Å². The number of sulfonamides is 1. The van der Waals surface area contributed by atoms with Crippen LogP contribution in [0.2, 0.25) is 0 Å². The first-order valence-electron chi connectivity index (χ1n) is 11.7. The second-order valence-electron chi connectivity index (χ2n) is 8.79. The van der Waals surface area contributed by atoms with E-state index in [0.29, 0.717) is 0 Å². The Hall–Kier alpha value is -3.24. The quantitative estimate of drug-likeness (QED) is 0.370. The minimum Gasteiger partial charge on any atom is -0.352 e. The first-order chi connectivity index (χ1) is 17.5. The molecule has 0 radical (unpaired) electrons. The maximum absolute atomic E-state index is 13.7. The van der Waals surface area contributed by atoms with Gasteiger partial charge < -0.3 is 10.2 Å². The van der Waals surface area contributed by atoms with Gasteiger partial charge in [-0.1, -0.05) is 46.3 Å². The Morgan fingerprint density at radius 2 is 1.51 bits per heavy atom. The molecule has 3 rings (SSSR count). The van der Waals surface area contributed by atoms with Crippen LogP contribution in [-0.4, -0.2) is 43.8 Å². The third-order valence-corrected chi connectivity index (χ3v) is 7.91. The van der Waals surface area contributed by atoms with Gasteiger partial charge >= 0.3 is 0 Å². The molecule has 3 aromatic rings. The van der Waals surface area contributed by atoms with Crippen molar-refractivity contribution in [3.63, 3.8) is 0 Å². The number of carbonyl (C=O) groups excluding carboxylic acids is 2. The van der Waals surface area contributed by atoms with E-state index < -0.39 is 34.3 Å². The van der Waals surface area contributed by atoms with E-state index in [1.807, 2.05) is 38.1 Å². The van der Waals surface area contributed by atoms with E-state index in [-0.39, 0.29) is 29.1 Å². The summed E-state index contributed by atoms with van der Waals surface area (Å²) < 4.78 is 42.5. The number of para-hydroxylation sites is 1. The normalized spacial score (nSPS) is 12.2. The standard InChI is InChI=1S/C27H29BrFN3O4S/c1-19(2)30-27(34)20(3)31(17-21-9-11-22(28)12-10-21)26(33)18-32(24-7-5-4-6-8-24)37(35,36)25-15-13-23(29)14-16-25/h4-16,19-20H,17-18H2,1-3H3,(H,30,34)/t20-/m0/s1. The second-order valence-corrected chi connectivity index (χ2v) is 11.6. The molecule has 0 fully saturated rings. The summed E-state index contributed by atoms with van der Waals surface area (Å²) in [5.41, 5.74) is 1.04. The van der Waals surface area contributed by atoms with Crippen LogP contribution in [0.25, 0.3) is 0 Å². The average Bonchev–Trinajstić information content (AvgIpc) is 2.86. The molecule has 7 nitrogen and oxygen atoms in total. The number of hydrogen-bond acceptors (Lipinski definition) is 4. The monoisotopic (exact) mass is 589 g/mol. The largest absolute Gasteiger partial charge is 0.352 e. The maximum Gasteiger partial charge on any atom is 0.264 e. The lowest BCUT2D eigenvalue weighted by atomic mass is 10.1. The summed E-state index contributed by atoms with van der Waals surface area (Å²) in [5, 5.41) is 2.81. The van der Waals surface area contributed by atoms with Crippen molar-refractivity contribution in [2.45, 2.75) is 44.3 Å². The third-order valence-electron chi connectivity index (χ3n) is 5.59. The molecule has 1 atom stereocenters. The number of amides is 2. The Morgan fingerprint density at radius 1 is 0.919 bits per heavy atom. The number of rotatable bonds is 10. The highest BCUT2D eigenvalue weighted by Crippen LogP contribution is 2.24. The summed E-state index contributed by atoms with van der Waals surface area (Å²) in [5.74, 6) is -1.50. The van der Waals surface area contributed by atoms with Gasteiger partial charge in [0, 0.05) is 17.1 Å². The van der Waals surface area contributed by atoms with Crippen molar-refractivity contribution in [3.8, 4) is 0 Å². The molecule has 0 spiro atoms. The fourth-order valence-electron chi connectivity index (χ4n) is 3.63. The Kier molecular flexibility index (Phi) is 9.45. The molecule has 0 unspecified atom stereocenters. The molecule has 0 aliphatic heterocycles. The van der Waals surface area contributed by atoms with E-state index in [2.05, 4.69) is 21.2 Å². The van der Waals surface area contributed by atoms with E-state index in [4.69, 9.17) is 0 Å². The van der Waals surface area contributed by atoms with Crippen LogP contribution in [0.1, 0.15) is 26.3 Å². The molecule has 37 heavy (non-hydrogen) atoms. The van der Waals surface area contributed by atoms with Crippen LogP contribution in [0, 0.1) is 5.82 Å². The van der Waals surface area contributed by atoms with Crippen LogP contribution in [-0.2, 0) is 26.2 Å². The van der Waals surface area contributed by atoms with Crippen LogP contribution in [0.15, 0.2) is 88.2 Å². The fraction of sp³-hybridized carbons (Fsp3) is 0.259. The van der Waals surface area contributed by atoms with Crippen LogP contribution in [0.4, 0.5) is 10.1 Å². The molecule has 1 N–H and O–H groups in total. The van der Waals surface area contributed by atoms with Crippen LogP contribution in [0.3, 0.4) is 0 Å². The highest BCUT2D eigenvalue weighted by atomic mass is 79.9. The Morgan fingerprint density at radius 3 is 2.08 bits per heavy atom. The Bertz CT molecular complexity index is 1320. The molecule has 0 aliphatic carbocycles. The Labute approximate surface area is 225 Å². The van der Waals surface area contributed by atoms with E-state index in [1.165, 1.54) is 4.90 Å². The average molecular weight is 591 g/mol. The third kappa shape index (κ3) is 7.39. The smallest absolute Gasteiger partial charge is 0.264 e. The minimum absolute atomic E-state index is 0.0953. The molecular weight excluding hydrogens is 561 g/mol. The van der Waals surface area contributed by atoms with Crippen molar-refractivity contribution in [1.82, 2.24) is 10.2 Å². The summed E-state index contributed by atoms with van der Waals surface area (Å²) >= 11 is 3.39. The zero-order chi connectivity index (χ0) is 27.2.